The number of fused-ring (bicyclic) bond motifs is 1. The summed E-state index contributed by atoms with van der Waals surface area (Å²) < 4.78 is 12.9. The quantitative estimate of drug-likeness (QED) is 0.455. The third-order valence-electron chi connectivity index (χ3n) is 4.67. The molecule has 0 bridgehead atoms. The number of aromatic nitrogens is 2. The maximum atomic E-state index is 13.2. The van der Waals surface area contributed by atoms with E-state index in [2.05, 4.69) is 21.0 Å². The molecule has 6 nitrogen and oxygen atoms in total. The first kappa shape index (κ1) is 21.3. The monoisotopic (exact) mass is 477 g/mol. The highest BCUT2D eigenvalue weighted by molar-refractivity contribution is 9.10. The Morgan fingerprint density at radius 1 is 1.28 bits per heavy atom. The van der Waals surface area contributed by atoms with Crippen LogP contribution in [0, 0.1) is 0 Å². The largest absolute Gasteiger partial charge is 0.493 e. The van der Waals surface area contributed by atoms with Crippen LogP contribution in [0.2, 0.25) is 5.02 Å². The summed E-state index contributed by atoms with van der Waals surface area (Å²) in [6.07, 6.45) is 2.35. The van der Waals surface area contributed by atoms with Gasteiger partial charge in [-0.25, -0.2) is 4.98 Å². The Morgan fingerprint density at radius 3 is 2.69 bits per heavy atom. The van der Waals surface area contributed by atoms with Gasteiger partial charge in [0.15, 0.2) is 11.5 Å². The molecule has 1 atom stereocenters. The zero-order valence-corrected chi connectivity index (χ0v) is 18.9. The SMILES string of the molecule is CC[C@@H](C)c1nc2ccc(Br)cc2c(=O)n1N=Cc1cc(Cl)cc(OC)c1OC. The van der Waals surface area contributed by atoms with Crippen LogP contribution in [-0.2, 0) is 0 Å². The molecule has 3 rings (SSSR count). The molecular formula is C21H21BrClN3O3. The van der Waals surface area contributed by atoms with E-state index in [1.54, 1.807) is 18.2 Å². The van der Waals surface area contributed by atoms with Crippen LogP contribution in [-0.4, -0.2) is 30.1 Å². The van der Waals surface area contributed by atoms with Gasteiger partial charge in [0.05, 0.1) is 31.3 Å². The highest BCUT2D eigenvalue weighted by Crippen LogP contribution is 2.33. The second-order valence-corrected chi connectivity index (χ2v) is 7.88. The van der Waals surface area contributed by atoms with E-state index in [0.29, 0.717) is 38.8 Å². The standard InChI is InChI=1S/C21H21BrClN3O3/c1-5-12(2)20-25-17-7-6-14(22)9-16(17)21(27)26(20)24-11-13-8-15(23)10-18(28-3)19(13)29-4/h6-12H,5H2,1-4H3/t12-/m1/s1. The van der Waals surface area contributed by atoms with Crippen molar-refractivity contribution < 1.29 is 9.47 Å². The van der Waals surface area contributed by atoms with Crippen molar-refractivity contribution in [3.05, 3.63) is 61.6 Å². The smallest absolute Gasteiger partial charge is 0.282 e. The minimum Gasteiger partial charge on any atom is -0.493 e. The Hall–Kier alpha value is -2.38. The summed E-state index contributed by atoms with van der Waals surface area (Å²) in [5.41, 5.74) is 0.992. The topological polar surface area (TPSA) is 65.7 Å². The van der Waals surface area contributed by atoms with Crippen LogP contribution in [0.3, 0.4) is 0 Å². The molecule has 0 radical (unpaired) electrons. The van der Waals surface area contributed by atoms with Crippen LogP contribution in [0.25, 0.3) is 10.9 Å². The van der Waals surface area contributed by atoms with Crippen LogP contribution in [0.5, 0.6) is 11.5 Å². The van der Waals surface area contributed by atoms with Crippen molar-refractivity contribution >= 4 is 44.6 Å². The van der Waals surface area contributed by atoms with Gasteiger partial charge in [0.1, 0.15) is 5.82 Å². The summed E-state index contributed by atoms with van der Waals surface area (Å²) in [7, 11) is 3.07. The van der Waals surface area contributed by atoms with Gasteiger partial charge in [-0.05, 0) is 30.7 Å². The molecule has 29 heavy (non-hydrogen) atoms. The molecule has 0 fully saturated rings. The summed E-state index contributed by atoms with van der Waals surface area (Å²) in [5, 5.41) is 5.41. The van der Waals surface area contributed by atoms with E-state index in [1.165, 1.54) is 25.1 Å². The molecule has 0 aliphatic rings. The molecule has 8 heteroatoms. The van der Waals surface area contributed by atoms with Gasteiger partial charge < -0.3 is 9.47 Å². The zero-order valence-electron chi connectivity index (χ0n) is 16.6. The lowest BCUT2D eigenvalue weighted by Gasteiger charge is -2.14. The molecule has 2 aromatic carbocycles. The van der Waals surface area contributed by atoms with Crippen LogP contribution < -0.4 is 15.0 Å². The Kier molecular flexibility index (Phi) is 6.59. The average molecular weight is 479 g/mol. The van der Waals surface area contributed by atoms with Gasteiger partial charge in [0.2, 0.25) is 0 Å². The van der Waals surface area contributed by atoms with E-state index in [1.807, 2.05) is 26.0 Å². The average Bonchev–Trinajstić information content (AvgIpc) is 2.72. The summed E-state index contributed by atoms with van der Waals surface area (Å²) in [5.74, 6) is 1.60. The molecule has 1 aromatic heterocycles. The van der Waals surface area contributed by atoms with Gasteiger partial charge in [-0.1, -0.05) is 41.4 Å². The van der Waals surface area contributed by atoms with Crippen molar-refractivity contribution in [2.75, 3.05) is 14.2 Å². The number of ether oxygens (including phenoxy) is 2. The maximum absolute atomic E-state index is 13.2. The molecule has 0 saturated carbocycles. The number of nitrogens with zero attached hydrogens (tertiary/aromatic N) is 3. The van der Waals surface area contributed by atoms with E-state index in [9.17, 15) is 4.79 Å². The molecule has 0 saturated heterocycles. The van der Waals surface area contributed by atoms with Crippen LogP contribution in [0.4, 0.5) is 0 Å². The number of hydrogen-bond donors (Lipinski definition) is 0. The predicted molar refractivity (Wildman–Crippen MR) is 120 cm³/mol. The Morgan fingerprint density at radius 2 is 2.03 bits per heavy atom. The van der Waals surface area contributed by atoms with E-state index in [0.717, 1.165) is 10.9 Å². The minimum absolute atomic E-state index is 0.0451. The molecule has 0 N–H and O–H groups in total. The van der Waals surface area contributed by atoms with E-state index >= 15 is 0 Å². The lowest BCUT2D eigenvalue weighted by Crippen LogP contribution is -2.23. The first-order valence-electron chi connectivity index (χ1n) is 9.07. The highest BCUT2D eigenvalue weighted by atomic mass is 79.9. The van der Waals surface area contributed by atoms with Gasteiger partial charge in [0, 0.05) is 27.0 Å². The number of hydrogen-bond acceptors (Lipinski definition) is 5. The number of benzene rings is 2. The normalized spacial score (nSPS) is 12.5. The first-order valence-corrected chi connectivity index (χ1v) is 10.2. The maximum Gasteiger partial charge on any atom is 0.282 e. The molecule has 0 aliphatic carbocycles. The summed E-state index contributed by atoms with van der Waals surface area (Å²) in [6, 6.07) is 8.80. The van der Waals surface area contributed by atoms with Crippen molar-refractivity contribution in [3.8, 4) is 11.5 Å². The molecule has 0 spiro atoms. The summed E-state index contributed by atoms with van der Waals surface area (Å²) in [6.45, 7) is 4.06. The van der Waals surface area contributed by atoms with Gasteiger partial charge >= 0.3 is 0 Å². The predicted octanol–water partition coefficient (Wildman–Crippen LogP) is 5.23. The van der Waals surface area contributed by atoms with Gasteiger partial charge in [-0.3, -0.25) is 4.79 Å². The lowest BCUT2D eigenvalue weighted by atomic mass is 10.1. The van der Waals surface area contributed by atoms with Crippen molar-refractivity contribution in [2.45, 2.75) is 26.2 Å². The lowest BCUT2D eigenvalue weighted by molar-refractivity contribution is 0.354. The first-order chi connectivity index (χ1) is 13.9. The zero-order chi connectivity index (χ0) is 21.1. The van der Waals surface area contributed by atoms with Crippen molar-refractivity contribution in [2.24, 2.45) is 5.10 Å². The Labute approximate surface area is 182 Å². The fourth-order valence-electron chi connectivity index (χ4n) is 2.95. The van der Waals surface area contributed by atoms with Crippen molar-refractivity contribution in [1.82, 2.24) is 9.66 Å². The Balaban J connectivity index is 2.23. The summed E-state index contributed by atoms with van der Waals surface area (Å²) >= 11 is 9.60. The van der Waals surface area contributed by atoms with Crippen LogP contribution in [0.15, 0.2) is 44.7 Å². The fourth-order valence-corrected chi connectivity index (χ4v) is 3.53. The molecule has 1 heterocycles. The molecular weight excluding hydrogens is 458 g/mol. The third kappa shape index (κ3) is 4.31. The third-order valence-corrected chi connectivity index (χ3v) is 5.38. The number of methoxy groups -OCH3 is 2. The van der Waals surface area contributed by atoms with Gasteiger partial charge in [-0.2, -0.15) is 9.78 Å². The van der Waals surface area contributed by atoms with Crippen molar-refractivity contribution in [1.29, 1.82) is 0 Å². The molecule has 0 unspecified atom stereocenters. The number of rotatable bonds is 6. The van der Waals surface area contributed by atoms with Gasteiger partial charge in [0.25, 0.3) is 5.56 Å². The van der Waals surface area contributed by atoms with E-state index in [4.69, 9.17) is 26.1 Å². The number of halogens is 2. The minimum atomic E-state index is -0.240. The second-order valence-electron chi connectivity index (χ2n) is 6.53. The molecule has 0 aliphatic heterocycles. The Bertz CT molecular complexity index is 1140. The summed E-state index contributed by atoms with van der Waals surface area (Å²) in [4.78, 5) is 17.9. The van der Waals surface area contributed by atoms with Crippen molar-refractivity contribution in [3.63, 3.8) is 0 Å². The van der Waals surface area contributed by atoms with Crippen LogP contribution >= 0.6 is 27.5 Å². The van der Waals surface area contributed by atoms with E-state index < -0.39 is 0 Å². The van der Waals surface area contributed by atoms with E-state index in [-0.39, 0.29) is 11.5 Å². The van der Waals surface area contributed by atoms with Gasteiger partial charge in [-0.15, -0.1) is 0 Å². The fraction of sp³-hybridized carbons (Fsp3) is 0.286. The molecule has 0 amide bonds. The second kappa shape index (κ2) is 8.97. The molecule has 3 aromatic rings. The molecule has 152 valence electrons. The highest BCUT2D eigenvalue weighted by Gasteiger charge is 2.16. The van der Waals surface area contributed by atoms with Crippen LogP contribution in [0.1, 0.15) is 37.6 Å².